The maximum absolute atomic E-state index is 12.9. The van der Waals surface area contributed by atoms with E-state index >= 15 is 0 Å². The van der Waals surface area contributed by atoms with Crippen LogP contribution in [0.3, 0.4) is 0 Å². The summed E-state index contributed by atoms with van der Waals surface area (Å²) < 4.78 is 18.2. The van der Waals surface area contributed by atoms with Crippen molar-refractivity contribution in [1.29, 1.82) is 0 Å². The predicted molar refractivity (Wildman–Crippen MR) is 71.5 cm³/mol. The Labute approximate surface area is 113 Å². The molecule has 1 aromatic carbocycles. The molecule has 2 rings (SSSR count). The summed E-state index contributed by atoms with van der Waals surface area (Å²) in [5, 5.41) is 2.96. The van der Waals surface area contributed by atoms with E-state index in [2.05, 4.69) is 19.2 Å². The Morgan fingerprint density at radius 2 is 2.32 bits per heavy atom. The average Bonchev–Trinajstić information content (AvgIpc) is 2.66. The van der Waals surface area contributed by atoms with Crippen molar-refractivity contribution in [2.45, 2.75) is 39.2 Å². The molecular weight excluding hydrogens is 245 g/mol. The van der Waals surface area contributed by atoms with E-state index in [4.69, 9.17) is 4.74 Å². The zero-order valence-corrected chi connectivity index (χ0v) is 11.4. The number of benzene rings is 1. The molecule has 1 N–H and O–H groups in total. The molecule has 0 radical (unpaired) electrons. The highest BCUT2D eigenvalue weighted by Gasteiger charge is 2.31. The molecule has 104 valence electrons. The zero-order chi connectivity index (χ0) is 13.9. The molecule has 1 amide bonds. The van der Waals surface area contributed by atoms with Gasteiger partial charge in [0.05, 0.1) is 0 Å². The first-order chi connectivity index (χ1) is 8.94. The third kappa shape index (κ3) is 4.23. The second-order valence-corrected chi connectivity index (χ2v) is 5.92. The van der Waals surface area contributed by atoms with Gasteiger partial charge in [0.25, 0.3) is 5.91 Å². The van der Waals surface area contributed by atoms with Crippen LogP contribution in [0.15, 0.2) is 24.3 Å². The first-order valence-corrected chi connectivity index (χ1v) is 6.62. The van der Waals surface area contributed by atoms with E-state index < -0.39 is 0 Å². The van der Waals surface area contributed by atoms with E-state index in [-0.39, 0.29) is 24.4 Å². The largest absolute Gasteiger partial charge is 0.484 e. The third-order valence-electron chi connectivity index (χ3n) is 3.50. The molecule has 1 aliphatic rings. The van der Waals surface area contributed by atoms with Crippen LogP contribution in [0.1, 0.15) is 33.1 Å². The van der Waals surface area contributed by atoms with Gasteiger partial charge >= 0.3 is 0 Å². The molecule has 1 unspecified atom stereocenters. The Morgan fingerprint density at radius 1 is 1.53 bits per heavy atom. The van der Waals surface area contributed by atoms with Crippen molar-refractivity contribution in [3.05, 3.63) is 30.1 Å². The number of carbonyl (C=O) groups excluding carboxylic acids is 1. The number of hydrogen-bond acceptors (Lipinski definition) is 2. The van der Waals surface area contributed by atoms with Crippen LogP contribution in [-0.4, -0.2) is 18.6 Å². The fourth-order valence-electron chi connectivity index (χ4n) is 2.53. The Morgan fingerprint density at radius 3 is 2.95 bits per heavy atom. The lowest BCUT2D eigenvalue weighted by molar-refractivity contribution is -0.123. The lowest BCUT2D eigenvalue weighted by Gasteiger charge is -2.18. The van der Waals surface area contributed by atoms with Gasteiger partial charge in [-0.3, -0.25) is 4.79 Å². The van der Waals surface area contributed by atoms with Crippen LogP contribution in [0.4, 0.5) is 4.39 Å². The molecule has 0 bridgehead atoms. The molecule has 1 saturated carbocycles. The maximum atomic E-state index is 12.9. The van der Waals surface area contributed by atoms with Gasteiger partial charge in [-0.2, -0.15) is 0 Å². The lowest BCUT2D eigenvalue weighted by Crippen LogP contribution is -2.36. The topological polar surface area (TPSA) is 38.3 Å². The van der Waals surface area contributed by atoms with Gasteiger partial charge in [0.2, 0.25) is 0 Å². The summed E-state index contributed by atoms with van der Waals surface area (Å²) in [4.78, 5) is 11.7. The van der Waals surface area contributed by atoms with Crippen molar-refractivity contribution in [3.8, 4) is 5.75 Å². The average molecular weight is 265 g/mol. The SMILES string of the molecule is CC1(C)CCC(NC(=O)COc2cccc(F)c2)C1. The lowest BCUT2D eigenvalue weighted by atomic mass is 9.92. The molecule has 1 fully saturated rings. The number of hydrogen-bond donors (Lipinski definition) is 1. The van der Waals surface area contributed by atoms with E-state index in [1.807, 2.05) is 0 Å². The highest BCUT2D eigenvalue weighted by molar-refractivity contribution is 5.77. The number of nitrogens with one attached hydrogen (secondary N) is 1. The number of ether oxygens (including phenoxy) is 1. The summed E-state index contributed by atoms with van der Waals surface area (Å²) >= 11 is 0. The minimum absolute atomic E-state index is 0.0691. The van der Waals surface area contributed by atoms with Gasteiger partial charge in [0, 0.05) is 12.1 Å². The van der Waals surface area contributed by atoms with Crippen molar-refractivity contribution < 1.29 is 13.9 Å². The van der Waals surface area contributed by atoms with E-state index in [1.54, 1.807) is 12.1 Å². The van der Waals surface area contributed by atoms with E-state index in [9.17, 15) is 9.18 Å². The van der Waals surface area contributed by atoms with Gasteiger partial charge in [0.1, 0.15) is 11.6 Å². The molecular formula is C15H20FNO2. The fraction of sp³-hybridized carbons (Fsp3) is 0.533. The number of halogens is 1. The van der Waals surface area contributed by atoms with Gasteiger partial charge in [-0.05, 0) is 36.8 Å². The number of carbonyl (C=O) groups is 1. The molecule has 1 aromatic rings. The quantitative estimate of drug-likeness (QED) is 0.909. The third-order valence-corrected chi connectivity index (χ3v) is 3.50. The van der Waals surface area contributed by atoms with Crippen molar-refractivity contribution in [2.24, 2.45) is 5.41 Å². The van der Waals surface area contributed by atoms with Crippen LogP contribution in [0, 0.1) is 11.2 Å². The summed E-state index contributed by atoms with van der Waals surface area (Å²) in [6.45, 7) is 4.35. The smallest absolute Gasteiger partial charge is 0.258 e. The summed E-state index contributed by atoms with van der Waals surface area (Å²) in [6.07, 6.45) is 3.14. The zero-order valence-electron chi connectivity index (χ0n) is 11.4. The minimum Gasteiger partial charge on any atom is -0.484 e. The molecule has 0 aromatic heterocycles. The standard InChI is InChI=1S/C15H20FNO2/c1-15(2)7-6-12(9-15)17-14(18)10-19-13-5-3-4-11(16)8-13/h3-5,8,12H,6-7,9-10H2,1-2H3,(H,17,18). The van der Waals surface area contributed by atoms with Crippen molar-refractivity contribution in [2.75, 3.05) is 6.61 Å². The van der Waals surface area contributed by atoms with Gasteiger partial charge in [-0.1, -0.05) is 19.9 Å². The van der Waals surface area contributed by atoms with Gasteiger partial charge in [-0.25, -0.2) is 4.39 Å². The number of rotatable bonds is 4. The van der Waals surface area contributed by atoms with Crippen LogP contribution in [0.2, 0.25) is 0 Å². The van der Waals surface area contributed by atoms with Crippen LogP contribution < -0.4 is 10.1 Å². The Hall–Kier alpha value is -1.58. The Balaban J connectivity index is 1.76. The second kappa shape index (κ2) is 5.59. The summed E-state index contributed by atoms with van der Waals surface area (Å²) in [6, 6.07) is 6.04. The van der Waals surface area contributed by atoms with Gasteiger partial charge < -0.3 is 10.1 Å². The summed E-state index contributed by atoms with van der Waals surface area (Å²) in [5.74, 6) is -0.135. The molecule has 1 atom stereocenters. The fourth-order valence-corrected chi connectivity index (χ4v) is 2.53. The summed E-state index contributed by atoms with van der Waals surface area (Å²) in [5.41, 5.74) is 0.307. The highest BCUT2D eigenvalue weighted by atomic mass is 19.1. The van der Waals surface area contributed by atoms with Gasteiger partial charge in [0.15, 0.2) is 6.61 Å². The predicted octanol–water partition coefficient (Wildman–Crippen LogP) is 2.90. The van der Waals surface area contributed by atoms with E-state index in [0.717, 1.165) is 19.3 Å². The molecule has 0 spiro atoms. The Bertz CT molecular complexity index is 459. The molecule has 1 aliphatic carbocycles. The van der Waals surface area contributed by atoms with Crippen molar-refractivity contribution in [3.63, 3.8) is 0 Å². The normalized spacial score (nSPS) is 21.1. The Kier molecular flexibility index (Phi) is 4.08. The maximum Gasteiger partial charge on any atom is 0.258 e. The van der Waals surface area contributed by atoms with E-state index in [0.29, 0.717) is 11.2 Å². The monoisotopic (exact) mass is 265 g/mol. The minimum atomic E-state index is -0.365. The van der Waals surface area contributed by atoms with E-state index in [1.165, 1.54) is 12.1 Å². The van der Waals surface area contributed by atoms with Crippen LogP contribution >= 0.6 is 0 Å². The summed E-state index contributed by atoms with van der Waals surface area (Å²) in [7, 11) is 0. The van der Waals surface area contributed by atoms with Crippen LogP contribution in [-0.2, 0) is 4.79 Å². The second-order valence-electron chi connectivity index (χ2n) is 5.92. The van der Waals surface area contributed by atoms with Crippen LogP contribution in [0.5, 0.6) is 5.75 Å². The molecule has 0 saturated heterocycles. The first kappa shape index (κ1) is 13.8. The molecule has 0 heterocycles. The molecule has 3 nitrogen and oxygen atoms in total. The van der Waals surface area contributed by atoms with Crippen molar-refractivity contribution >= 4 is 5.91 Å². The first-order valence-electron chi connectivity index (χ1n) is 6.62. The van der Waals surface area contributed by atoms with Crippen LogP contribution in [0.25, 0.3) is 0 Å². The van der Waals surface area contributed by atoms with Gasteiger partial charge in [-0.15, -0.1) is 0 Å². The number of amides is 1. The molecule has 4 heteroatoms. The molecule has 19 heavy (non-hydrogen) atoms. The van der Waals surface area contributed by atoms with Crippen molar-refractivity contribution in [1.82, 2.24) is 5.32 Å². The highest BCUT2D eigenvalue weighted by Crippen LogP contribution is 2.36. The molecule has 0 aliphatic heterocycles.